The van der Waals surface area contributed by atoms with E-state index in [1.54, 1.807) is 55.5 Å². The number of hydrogen-bond donors (Lipinski definition) is 1. The number of benzene rings is 2. The fraction of sp³-hybridized carbons (Fsp3) is 0.160. The number of aliphatic hydroxyl groups excluding tert-OH is 1. The summed E-state index contributed by atoms with van der Waals surface area (Å²) in [5.41, 5.74) is 1.96. The van der Waals surface area contributed by atoms with Gasteiger partial charge < -0.3 is 14.6 Å². The van der Waals surface area contributed by atoms with Crippen LogP contribution in [-0.2, 0) is 9.53 Å². The van der Waals surface area contributed by atoms with E-state index in [1.165, 1.54) is 0 Å². The Hall–Kier alpha value is -2.62. The van der Waals surface area contributed by atoms with E-state index in [2.05, 4.69) is 43.4 Å². The molecule has 3 rings (SSSR count). The Labute approximate surface area is 218 Å². The number of carbonyl (C=O) groups is 2. The molecule has 34 heavy (non-hydrogen) atoms. The number of aliphatic imine (C=N–C) groups is 1. The molecule has 0 fully saturated rings. The summed E-state index contributed by atoms with van der Waals surface area (Å²) in [4.78, 5) is 29.8. The Balaban J connectivity index is 2.00. The number of nitrogens with zero attached hydrogens (tertiary/aromatic N) is 1. The van der Waals surface area contributed by atoms with E-state index in [-0.39, 0.29) is 23.0 Å². The normalized spacial score (nSPS) is 15.6. The van der Waals surface area contributed by atoms with E-state index in [4.69, 9.17) is 9.47 Å². The third-order valence-electron chi connectivity index (χ3n) is 4.54. The summed E-state index contributed by atoms with van der Waals surface area (Å²) in [7, 11) is 0. The molecule has 0 radical (unpaired) electrons. The number of rotatable bonds is 7. The Morgan fingerprint density at radius 2 is 1.82 bits per heavy atom. The van der Waals surface area contributed by atoms with Gasteiger partial charge in [-0.3, -0.25) is 4.79 Å². The molecule has 0 saturated carbocycles. The first kappa shape index (κ1) is 26.0. The standard InChI is InChI=1S/C25H21Br2NO5S/c1-4-10-33-22-17(26)11-15(12-18(22)27)13-19-21(29)20(25(31)32-5-2)24(34-19)28-23(30)16-8-6-14(3)7-9-16/h4,6-9,11-13,29H,1,5,10H2,2-3H3/b19-13-,28-24?. The molecule has 6 nitrogen and oxygen atoms in total. The zero-order chi connectivity index (χ0) is 24.8. The minimum Gasteiger partial charge on any atom is -0.506 e. The number of amides is 1. The second-order valence-corrected chi connectivity index (χ2v) is 9.80. The quantitative estimate of drug-likeness (QED) is 0.276. The van der Waals surface area contributed by atoms with E-state index < -0.39 is 11.9 Å². The average Bonchev–Trinajstić information content (AvgIpc) is 3.08. The summed E-state index contributed by atoms with van der Waals surface area (Å²) >= 11 is 7.98. The first-order chi connectivity index (χ1) is 16.2. The summed E-state index contributed by atoms with van der Waals surface area (Å²) in [6, 6.07) is 10.5. The number of carbonyl (C=O) groups excluding carboxylic acids is 2. The molecule has 1 N–H and O–H groups in total. The Kier molecular flexibility index (Phi) is 8.93. The minimum atomic E-state index is -0.748. The molecular formula is C25H21Br2NO5S. The van der Waals surface area contributed by atoms with Gasteiger partial charge in [0, 0.05) is 5.56 Å². The number of aryl methyl sites for hydroxylation is 1. The van der Waals surface area contributed by atoms with Gasteiger partial charge in [0.15, 0.2) is 0 Å². The summed E-state index contributed by atoms with van der Waals surface area (Å²) in [5.74, 6) is -0.952. The molecule has 0 atom stereocenters. The highest BCUT2D eigenvalue weighted by molar-refractivity contribution is 9.11. The van der Waals surface area contributed by atoms with Crippen LogP contribution in [0.15, 0.2) is 79.2 Å². The van der Waals surface area contributed by atoms with Gasteiger partial charge in [-0.15, -0.1) is 0 Å². The van der Waals surface area contributed by atoms with Crippen molar-refractivity contribution in [1.29, 1.82) is 0 Å². The van der Waals surface area contributed by atoms with Crippen LogP contribution in [0.25, 0.3) is 6.08 Å². The fourth-order valence-electron chi connectivity index (χ4n) is 2.94. The van der Waals surface area contributed by atoms with E-state index in [9.17, 15) is 14.7 Å². The first-order valence-electron chi connectivity index (χ1n) is 10.2. The van der Waals surface area contributed by atoms with Crippen molar-refractivity contribution >= 4 is 66.6 Å². The molecule has 0 spiro atoms. The van der Waals surface area contributed by atoms with Crippen molar-refractivity contribution in [2.45, 2.75) is 13.8 Å². The Morgan fingerprint density at radius 1 is 1.18 bits per heavy atom. The van der Waals surface area contributed by atoms with Crippen molar-refractivity contribution in [3.05, 3.63) is 90.9 Å². The SMILES string of the molecule is C=CCOc1c(Br)cc(/C=C2\SC(=NC(=O)c3ccc(C)cc3)C(C(=O)OCC)=C2O)cc1Br. The maximum atomic E-state index is 12.7. The molecular weight excluding hydrogens is 586 g/mol. The number of aliphatic hydroxyl groups is 1. The minimum absolute atomic E-state index is 0.0804. The van der Waals surface area contributed by atoms with Crippen molar-refractivity contribution in [2.24, 2.45) is 4.99 Å². The highest BCUT2D eigenvalue weighted by Crippen LogP contribution is 2.41. The smallest absolute Gasteiger partial charge is 0.344 e. The molecule has 0 aromatic heterocycles. The second-order valence-electron chi connectivity index (χ2n) is 7.06. The number of hydrogen-bond acceptors (Lipinski definition) is 6. The third-order valence-corrected chi connectivity index (χ3v) is 6.73. The van der Waals surface area contributed by atoms with Gasteiger partial charge in [0.2, 0.25) is 0 Å². The fourth-order valence-corrected chi connectivity index (χ4v) is 5.40. The van der Waals surface area contributed by atoms with Crippen LogP contribution in [0.3, 0.4) is 0 Å². The van der Waals surface area contributed by atoms with Crippen LogP contribution in [0.4, 0.5) is 0 Å². The maximum Gasteiger partial charge on any atom is 0.344 e. The number of thioether (sulfide) groups is 1. The molecule has 0 unspecified atom stereocenters. The van der Waals surface area contributed by atoms with Crippen LogP contribution in [0, 0.1) is 6.92 Å². The Morgan fingerprint density at radius 3 is 2.41 bits per heavy atom. The predicted molar refractivity (Wildman–Crippen MR) is 142 cm³/mol. The number of esters is 1. The first-order valence-corrected chi connectivity index (χ1v) is 12.6. The molecule has 1 aliphatic rings. The molecule has 1 heterocycles. The maximum absolute atomic E-state index is 12.7. The molecule has 2 aromatic rings. The molecule has 176 valence electrons. The molecule has 0 bridgehead atoms. The van der Waals surface area contributed by atoms with Crippen LogP contribution < -0.4 is 4.74 Å². The zero-order valence-corrected chi connectivity index (χ0v) is 22.4. The van der Waals surface area contributed by atoms with Crippen LogP contribution in [0.2, 0.25) is 0 Å². The largest absolute Gasteiger partial charge is 0.506 e. The lowest BCUT2D eigenvalue weighted by molar-refractivity contribution is -0.138. The second kappa shape index (κ2) is 11.7. The lowest BCUT2D eigenvalue weighted by atomic mass is 10.1. The van der Waals surface area contributed by atoms with Gasteiger partial charge >= 0.3 is 5.97 Å². The van der Waals surface area contributed by atoms with Gasteiger partial charge in [-0.1, -0.05) is 42.1 Å². The summed E-state index contributed by atoms with van der Waals surface area (Å²) in [6.45, 7) is 7.67. The molecule has 0 aliphatic carbocycles. The lowest BCUT2D eigenvalue weighted by Crippen LogP contribution is -2.14. The van der Waals surface area contributed by atoms with Crippen molar-refractivity contribution in [3.8, 4) is 5.75 Å². The molecule has 9 heteroatoms. The van der Waals surface area contributed by atoms with Crippen LogP contribution in [0.1, 0.15) is 28.4 Å². The zero-order valence-electron chi connectivity index (χ0n) is 18.4. The summed E-state index contributed by atoms with van der Waals surface area (Å²) in [6.07, 6.45) is 3.33. The van der Waals surface area contributed by atoms with Gasteiger partial charge in [0.1, 0.15) is 28.7 Å². The average molecular weight is 607 g/mol. The van der Waals surface area contributed by atoms with Crippen LogP contribution in [0.5, 0.6) is 5.75 Å². The van der Waals surface area contributed by atoms with Crippen molar-refractivity contribution in [1.82, 2.24) is 0 Å². The van der Waals surface area contributed by atoms with Gasteiger partial charge in [-0.2, -0.15) is 0 Å². The third kappa shape index (κ3) is 6.08. The summed E-state index contributed by atoms with van der Waals surface area (Å²) in [5, 5.41) is 10.9. The van der Waals surface area contributed by atoms with E-state index in [0.29, 0.717) is 37.3 Å². The van der Waals surface area contributed by atoms with E-state index in [0.717, 1.165) is 17.3 Å². The monoisotopic (exact) mass is 605 g/mol. The van der Waals surface area contributed by atoms with Gasteiger partial charge in [0.05, 0.1) is 20.5 Å². The molecule has 0 saturated heterocycles. The molecule has 1 amide bonds. The van der Waals surface area contributed by atoms with Crippen molar-refractivity contribution in [2.75, 3.05) is 13.2 Å². The summed E-state index contributed by atoms with van der Waals surface area (Å²) < 4.78 is 12.1. The molecule has 1 aliphatic heterocycles. The number of halogens is 2. The molecule has 2 aromatic carbocycles. The van der Waals surface area contributed by atoms with Crippen LogP contribution >= 0.6 is 43.6 Å². The predicted octanol–water partition coefficient (Wildman–Crippen LogP) is 6.79. The highest BCUT2D eigenvalue weighted by Gasteiger charge is 2.34. The van der Waals surface area contributed by atoms with Crippen molar-refractivity contribution in [3.63, 3.8) is 0 Å². The van der Waals surface area contributed by atoms with E-state index in [1.807, 2.05) is 6.92 Å². The van der Waals surface area contributed by atoms with Gasteiger partial charge in [0.25, 0.3) is 5.91 Å². The topological polar surface area (TPSA) is 85.2 Å². The van der Waals surface area contributed by atoms with Crippen LogP contribution in [-0.4, -0.2) is 35.2 Å². The highest BCUT2D eigenvalue weighted by atomic mass is 79.9. The van der Waals surface area contributed by atoms with Gasteiger partial charge in [-0.25, -0.2) is 9.79 Å². The van der Waals surface area contributed by atoms with E-state index >= 15 is 0 Å². The number of ether oxygens (including phenoxy) is 2. The van der Waals surface area contributed by atoms with Crippen molar-refractivity contribution < 1.29 is 24.2 Å². The van der Waals surface area contributed by atoms with Gasteiger partial charge in [-0.05, 0) is 81.6 Å². The Bertz CT molecular complexity index is 1210. The lowest BCUT2D eigenvalue weighted by Gasteiger charge is -2.10.